The van der Waals surface area contributed by atoms with Crippen molar-refractivity contribution in [1.82, 2.24) is 14.5 Å². The molecule has 1 unspecified atom stereocenters. The summed E-state index contributed by atoms with van der Waals surface area (Å²) < 4.78 is 42.4. The smallest absolute Gasteiger partial charge is 0.304 e. The van der Waals surface area contributed by atoms with E-state index in [0.29, 0.717) is 13.0 Å². The van der Waals surface area contributed by atoms with Crippen molar-refractivity contribution >= 4 is 27.7 Å². The van der Waals surface area contributed by atoms with Gasteiger partial charge >= 0.3 is 10.2 Å². The highest BCUT2D eigenvalue weighted by Crippen LogP contribution is 2.24. The molecule has 1 atom stereocenters. The molecule has 2 rings (SSSR count). The van der Waals surface area contributed by atoms with Crippen LogP contribution in [-0.2, 0) is 26.3 Å². The van der Waals surface area contributed by atoms with Crippen LogP contribution in [0.4, 0.5) is 10.1 Å². The zero-order valence-corrected chi connectivity index (χ0v) is 21.1. The van der Waals surface area contributed by atoms with Crippen molar-refractivity contribution in [3.63, 3.8) is 0 Å². The van der Waals surface area contributed by atoms with Crippen molar-refractivity contribution in [2.75, 3.05) is 31.5 Å². The number of rotatable bonds is 11. The van der Waals surface area contributed by atoms with Crippen LogP contribution in [0.25, 0.3) is 0 Å². The van der Waals surface area contributed by atoms with E-state index in [2.05, 4.69) is 5.32 Å². The van der Waals surface area contributed by atoms with Gasteiger partial charge in [0, 0.05) is 27.2 Å². The number of aryl methyl sites for hydroxylation is 1. The molecule has 0 aromatic heterocycles. The number of para-hydroxylation sites is 1. The van der Waals surface area contributed by atoms with Gasteiger partial charge < -0.3 is 10.2 Å². The van der Waals surface area contributed by atoms with Crippen LogP contribution in [0.15, 0.2) is 48.5 Å². The van der Waals surface area contributed by atoms with Crippen LogP contribution in [0, 0.1) is 12.7 Å². The Morgan fingerprint density at radius 1 is 1.06 bits per heavy atom. The van der Waals surface area contributed by atoms with E-state index in [4.69, 9.17) is 0 Å². The van der Waals surface area contributed by atoms with E-state index < -0.39 is 34.5 Å². The fraction of sp³-hybridized carbons (Fsp3) is 0.417. The third-order valence-electron chi connectivity index (χ3n) is 5.31. The molecule has 0 aliphatic heterocycles. The van der Waals surface area contributed by atoms with Gasteiger partial charge in [-0.15, -0.1) is 0 Å². The van der Waals surface area contributed by atoms with Gasteiger partial charge in [0.15, 0.2) is 0 Å². The summed E-state index contributed by atoms with van der Waals surface area (Å²) in [4.78, 5) is 27.8. The Kier molecular flexibility index (Phi) is 9.57. The van der Waals surface area contributed by atoms with E-state index in [1.807, 2.05) is 31.2 Å². The summed E-state index contributed by atoms with van der Waals surface area (Å²) in [6.07, 6.45) is 0.323. The highest BCUT2D eigenvalue weighted by Gasteiger charge is 2.34. The molecule has 2 aromatic rings. The highest BCUT2D eigenvalue weighted by molar-refractivity contribution is 7.90. The standard InChI is InChI=1S/C24H33FN4O4S/c1-6-21(24(31)26-7-2)28(16-19-12-10-11-18(3)15-19)23(30)17-29(34(32,33)27(4)5)22-14-9-8-13-20(22)25/h8-15,21H,6-7,16-17H2,1-5H3,(H,26,31). The highest BCUT2D eigenvalue weighted by atomic mass is 32.2. The predicted octanol–water partition coefficient (Wildman–Crippen LogP) is 2.69. The Labute approximate surface area is 201 Å². The summed E-state index contributed by atoms with van der Waals surface area (Å²) in [6, 6.07) is 12.0. The second-order valence-electron chi connectivity index (χ2n) is 8.08. The molecule has 0 radical (unpaired) electrons. The van der Waals surface area contributed by atoms with Crippen LogP contribution in [0.2, 0.25) is 0 Å². The van der Waals surface area contributed by atoms with Crippen LogP contribution in [0.3, 0.4) is 0 Å². The third-order valence-corrected chi connectivity index (χ3v) is 7.12. The minimum absolute atomic E-state index is 0.100. The number of halogens is 1. The first-order valence-electron chi connectivity index (χ1n) is 11.1. The summed E-state index contributed by atoms with van der Waals surface area (Å²) in [6.45, 7) is 5.30. The van der Waals surface area contributed by atoms with E-state index in [0.717, 1.165) is 25.8 Å². The topological polar surface area (TPSA) is 90.0 Å². The first-order valence-corrected chi connectivity index (χ1v) is 12.5. The molecule has 0 spiro atoms. The second kappa shape index (κ2) is 11.9. The normalized spacial score (nSPS) is 12.3. The summed E-state index contributed by atoms with van der Waals surface area (Å²) in [7, 11) is -1.59. The number of nitrogens with one attached hydrogen (secondary N) is 1. The molecule has 34 heavy (non-hydrogen) atoms. The van der Waals surface area contributed by atoms with Crippen molar-refractivity contribution in [2.45, 2.75) is 39.8 Å². The van der Waals surface area contributed by atoms with Crippen molar-refractivity contribution in [1.29, 1.82) is 0 Å². The Morgan fingerprint density at radius 2 is 1.74 bits per heavy atom. The van der Waals surface area contributed by atoms with Gasteiger partial charge in [0.2, 0.25) is 11.8 Å². The first-order chi connectivity index (χ1) is 16.0. The maximum Gasteiger partial charge on any atom is 0.304 e. The van der Waals surface area contributed by atoms with Crippen molar-refractivity contribution < 1.29 is 22.4 Å². The number of hydrogen-bond donors (Lipinski definition) is 1. The minimum atomic E-state index is -4.21. The van der Waals surface area contributed by atoms with Crippen molar-refractivity contribution in [3.8, 4) is 0 Å². The van der Waals surface area contributed by atoms with E-state index >= 15 is 0 Å². The van der Waals surface area contributed by atoms with Gasteiger partial charge in [-0.05, 0) is 38.0 Å². The van der Waals surface area contributed by atoms with Gasteiger partial charge in [-0.2, -0.15) is 12.7 Å². The van der Waals surface area contributed by atoms with Crippen LogP contribution >= 0.6 is 0 Å². The number of likely N-dealkylation sites (N-methyl/N-ethyl adjacent to an activating group) is 1. The molecule has 0 fully saturated rings. The zero-order valence-electron chi connectivity index (χ0n) is 20.3. The van der Waals surface area contributed by atoms with Gasteiger partial charge in [0.1, 0.15) is 18.4 Å². The summed E-state index contributed by atoms with van der Waals surface area (Å²) in [5, 5.41) is 2.74. The maximum atomic E-state index is 14.6. The van der Waals surface area contributed by atoms with E-state index in [9.17, 15) is 22.4 Å². The average molecular weight is 493 g/mol. The summed E-state index contributed by atoms with van der Waals surface area (Å²) in [5.74, 6) is -1.73. The molecule has 2 aromatic carbocycles. The molecule has 186 valence electrons. The molecule has 0 aliphatic carbocycles. The fourth-order valence-electron chi connectivity index (χ4n) is 3.57. The molecular weight excluding hydrogens is 459 g/mol. The molecule has 8 nitrogen and oxygen atoms in total. The van der Waals surface area contributed by atoms with Crippen LogP contribution in [-0.4, -0.2) is 62.7 Å². The molecule has 1 N–H and O–H groups in total. The molecular formula is C24H33FN4O4S. The first kappa shape index (κ1) is 27.3. The molecule has 0 bridgehead atoms. The number of anilines is 1. The quantitative estimate of drug-likeness (QED) is 0.522. The van der Waals surface area contributed by atoms with Crippen LogP contribution in [0.1, 0.15) is 31.4 Å². The Morgan fingerprint density at radius 3 is 2.29 bits per heavy atom. The average Bonchev–Trinajstić information content (AvgIpc) is 2.77. The van der Waals surface area contributed by atoms with Crippen LogP contribution < -0.4 is 9.62 Å². The van der Waals surface area contributed by atoms with Gasteiger partial charge in [-0.1, -0.05) is 48.9 Å². The number of hydrogen-bond acceptors (Lipinski definition) is 4. The van der Waals surface area contributed by atoms with E-state index in [1.54, 1.807) is 13.8 Å². The second-order valence-corrected chi connectivity index (χ2v) is 10.1. The van der Waals surface area contributed by atoms with E-state index in [1.165, 1.54) is 37.2 Å². The van der Waals surface area contributed by atoms with Gasteiger partial charge in [0.25, 0.3) is 0 Å². The fourth-order valence-corrected chi connectivity index (χ4v) is 4.64. The Hall–Kier alpha value is -2.98. The largest absolute Gasteiger partial charge is 0.355 e. The minimum Gasteiger partial charge on any atom is -0.355 e. The summed E-state index contributed by atoms with van der Waals surface area (Å²) in [5.41, 5.74) is 1.54. The Balaban J connectivity index is 2.51. The lowest BCUT2D eigenvalue weighted by Crippen LogP contribution is -2.53. The molecule has 0 saturated carbocycles. The number of carbonyl (C=O) groups excluding carboxylic acids is 2. The zero-order chi connectivity index (χ0) is 25.5. The number of carbonyl (C=O) groups is 2. The predicted molar refractivity (Wildman–Crippen MR) is 131 cm³/mol. The molecule has 0 saturated heterocycles. The van der Waals surface area contributed by atoms with Crippen LogP contribution in [0.5, 0.6) is 0 Å². The van der Waals surface area contributed by atoms with E-state index in [-0.39, 0.29) is 18.1 Å². The summed E-state index contributed by atoms with van der Waals surface area (Å²) >= 11 is 0. The van der Waals surface area contributed by atoms with Gasteiger partial charge in [0.05, 0.1) is 5.69 Å². The number of benzene rings is 2. The van der Waals surface area contributed by atoms with Crippen molar-refractivity contribution in [2.24, 2.45) is 0 Å². The third kappa shape index (κ3) is 6.54. The Bertz CT molecular complexity index is 1110. The maximum absolute atomic E-state index is 14.6. The molecule has 0 heterocycles. The number of amides is 2. The monoisotopic (exact) mass is 492 g/mol. The van der Waals surface area contributed by atoms with Gasteiger partial charge in [-0.3, -0.25) is 9.59 Å². The number of nitrogens with zero attached hydrogens (tertiary/aromatic N) is 3. The lowest BCUT2D eigenvalue weighted by Gasteiger charge is -2.34. The molecule has 0 aliphatic rings. The van der Waals surface area contributed by atoms with Gasteiger partial charge in [-0.25, -0.2) is 8.70 Å². The lowest BCUT2D eigenvalue weighted by atomic mass is 10.1. The molecule has 2 amide bonds. The van der Waals surface area contributed by atoms with Crippen molar-refractivity contribution in [3.05, 3.63) is 65.5 Å². The molecule has 10 heteroatoms. The SMILES string of the molecule is CCNC(=O)C(CC)N(Cc1cccc(C)c1)C(=O)CN(c1ccccc1F)S(=O)(=O)N(C)C. The lowest BCUT2D eigenvalue weighted by molar-refractivity contribution is -0.140.